The van der Waals surface area contributed by atoms with Gasteiger partial charge in [0, 0.05) is 17.7 Å². The van der Waals surface area contributed by atoms with Gasteiger partial charge in [0.2, 0.25) is 0 Å². The second kappa shape index (κ2) is 6.18. The molecule has 2 aliphatic rings. The number of benzene rings is 1. The molecule has 122 valence electrons. The van der Waals surface area contributed by atoms with Gasteiger partial charge in [-0.15, -0.1) is 0 Å². The van der Waals surface area contributed by atoms with Crippen LogP contribution >= 0.6 is 0 Å². The van der Waals surface area contributed by atoms with Crippen LogP contribution in [-0.4, -0.2) is 36.8 Å². The van der Waals surface area contributed by atoms with Crippen LogP contribution in [0.4, 0.5) is 5.69 Å². The molecule has 2 heterocycles. The normalized spacial score (nSPS) is 27.2. The van der Waals surface area contributed by atoms with Gasteiger partial charge in [-0.3, -0.25) is 4.79 Å². The Labute approximate surface area is 136 Å². The number of anilines is 1. The van der Waals surface area contributed by atoms with Crippen molar-refractivity contribution in [3.63, 3.8) is 0 Å². The molecule has 0 spiro atoms. The smallest absolute Gasteiger partial charge is 0.256 e. The number of piperidine rings is 1. The molecule has 1 unspecified atom stereocenters. The highest BCUT2D eigenvalue weighted by atomic mass is 16.5. The maximum Gasteiger partial charge on any atom is 0.256 e. The number of β-amino-alcohol motifs (C(OH)–C–C–N with tert-alkyl or cyclic N) is 1. The Kier molecular flexibility index (Phi) is 4.24. The van der Waals surface area contributed by atoms with Gasteiger partial charge >= 0.3 is 0 Å². The fourth-order valence-electron chi connectivity index (χ4n) is 3.16. The van der Waals surface area contributed by atoms with Gasteiger partial charge in [-0.2, -0.15) is 0 Å². The number of allylic oxidation sites excluding steroid dienone is 2. The maximum absolute atomic E-state index is 12.3. The highest BCUT2D eigenvalue weighted by molar-refractivity contribution is 6.32. The Morgan fingerprint density at radius 2 is 2.22 bits per heavy atom. The summed E-state index contributed by atoms with van der Waals surface area (Å²) < 4.78 is 5.29. The monoisotopic (exact) mass is 314 g/mol. The molecule has 0 aliphatic carbocycles. The summed E-state index contributed by atoms with van der Waals surface area (Å²) in [6.07, 6.45) is 5.13. The predicted molar refractivity (Wildman–Crippen MR) is 90.4 cm³/mol. The van der Waals surface area contributed by atoms with E-state index >= 15 is 0 Å². The fraction of sp³-hybridized carbons (Fsp3) is 0.389. The molecule has 3 N–H and O–H groups in total. The number of para-hydroxylation sites is 1. The largest absolute Gasteiger partial charge is 0.495 e. The summed E-state index contributed by atoms with van der Waals surface area (Å²) in [7, 11) is 1.59. The van der Waals surface area contributed by atoms with Gasteiger partial charge in [0.15, 0.2) is 0 Å². The van der Waals surface area contributed by atoms with E-state index in [0.717, 1.165) is 24.1 Å². The van der Waals surface area contributed by atoms with Crippen LogP contribution in [0.1, 0.15) is 25.3 Å². The Morgan fingerprint density at radius 1 is 1.39 bits per heavy atom. The minimum absolute atomic E-state index is 0.143. The van der Waals surface area contributed by atoms with E-state index in [-0.39, 0.29) is 5.91 Å². The molecular weight excluding hydrogens is 292 g/mol. The average Bonchev–Trinajstić information content (AvgIpc) is 2.89. The van der Waals surface area contributed by atoms with Gasteiger partial charge in [0.1, 0.15) is 5.75 Å². The van der Waals surface area contributed by atoms with Crippen molar-refractivity contribution in [2.24, 2.45) is 0 Å². The standard InChI is InChI=1S/C18H22N2O3/c1-3-18(22)11-19-10-9-12(18)7-8-14-13-5-4-6-15(23-2)16(13)20-17(14)21/h4-8,19,22H,3,9-11H2,1-2H3,(H,20,21)/b12-7+,14-8+. The molecule has 23 heavy (non-hydrogen) atoms. The van der Waals surface area contributed by atoms with Crippen molar-refractivity contribution in [1.82, 2.24) is 5.32 Å². The fourth-order valence-corrected chi connectivity index (χ4v) is 3.16. The first-order valence-electron chi connectivity index (χ1n) is 7.92. The average molecular weight is 314 g/mol. The lowest BCUT2D eigenvalue weighted by molar-refractivity contribution is -0.110. The molecule has 0 bridgehead atoms. The maximum atomic E-state index is 12.3. The van der Waals surface area contributed by atoms with Gasteiger partial charge in [0.05, 0.1) is 18.4 Å². The molecule has 0 saturated carbocycles. The quantitative estimate of drug-likeness (QED) is 0.747. The molecule has 1 saturated heterocycles. The van der Waals surface area contributed by atoms with Gasteiger partial charge in [0.25, 0.3) is 5.91 Å². The second-order valence-electron chi connectivity index (χ2n) is 5.92. The molecule has 2 aliphatic heterocycles. The van der Waals surface area contributed by atoms with Crippen LogP contribution in [-0.2, 0) is 4.79 Å². The van der Waals surface area contributed by atoms with E-state index in [9.17, 15) is 9.90 Å². The van der Waals surface area contributed by atoms with E-state index in [1.54, 1.807) is 7.11 Å². The van der Waals surface area contributed by atoms with Gasteiger partial charge in [-0.05, 0) is 37.1 Å². The lowest BCUT2D eigenvalue weighted by Crippen LogP contribution is -2.47. The number of rotatable bonds is 3. The molecule has 0 aromatic heterocycles. The first-order valence-corrected chi connectivity index (χ1v) is 7.92. The van der Waals surface area contributed by atoms with Crippen LogP contribution in [0.5, 0.6) is 5.75 Å². The molecular formula is C18H22N2O3. The van der Waals surface area contributed by atoms with Crippen molar-refractivity contribution in [3.8, 4) is 5.75 Å². The van der Waals surface area contributed by atoms with Crippen LogP contribution in [0, 0.1) is 0 Å². The van der Waals surface area contributed by atoms with Gasteiger partial charge < -0.3 is 20.5 Å². The minimum Gasteiger partial charge on any atom is -0.495 e. The molecule has 1 aromatic rings. The van der Waals surface area contributed by atoms with Crippen molar-refractivity contribution >= 4 is 17.2 Å². The number of nitrogens with one attached hydrogen (secondary N) is 2. The first-order chi connectivity index (χ1) is 11.1. The van der Waals surface area contributed by atoms with Crippen LogP contribution in [0.3, 0.4) is 0 Å². The van der Waals surface area contributed by atoms with Crippen molar-refractivity contribution < 1.29 is 14.6 Å². The second-order valence-corrected chi connectivity index (χ2v) is 5.92. The lowest BCUT2D eigenvalue weighted by atomic mass is 9.85. The summed E-state index contributed by atoms with van der Waals surface area (Å²) >= 11 is 0. The molecule has 0 radical (unpaired) electrons. The summed E-state index contributed by atoms with van der Waals surface area (Å²) in [5.74, 6) is 0.508. The number of methoxy groups -OCH3 is 1. The zero-order chi connectivity index (χ0) is 16.4. The van der Waals surface area contributed by atoms with Crippen molar-refractivity contribution in [3.05, 3.63) is 41.5 Å². The SMILES string of the molecule is CCC1(O)CNCC/C1=C\C=C1\C(=O)Nc2c(OC)cccc21. The third-order valence-electron chi connectivity index (χ3n) is 4.64. The number of ether oxygens (including phenoxy) is 1. The first kappa shape index (κ1) is 15.8. The van der Waals surface area contributed by atoms with E-state index in [4.69, 9.17) is 4.74 Å². The summed E-state index contributed by atoms with van der Waals surface area (Å²) in [5, 5.41) is 16.7. The van der Waals surface area contributed by atoms with Gasteiger partial charge in [-0.25, -0.2) is 0 Å². The lowest BCUT2D eigenvalue weighted by Gasteiger charge is -2.34. The molecule has 1 atom stereocenters. The van der Waals surface area contributed by atoms with E-state index in [0.29, 0.717) is 30.0 Å². The predicted octanol–water partition coefficient (Wildman–Crippen LogP) is 2.09. The Hall–Kier alpha value is -2.11. The minimum atomic E-state index is -0.832. The number of carbonyl (C=O) groups excluding carboxylic acids is 1. The van der Waals surface area contributed by atoms with Crippen LogP contribution < -0.4 is 15.4 Å². The van der Waals surface area contributed by atoms with Crippen molar-refractivity contribution in [2.45, 2.75) is 25.4 Å². The van der Waals surface area contributed by atoms with Crippen molar-refractivity contribution in [2.75, 3.05) is 25.5 Å². The van der Waals surface area contributed by atoms with E-state index in [1.807, 2.05) is 37.3 Å². The molecule has 5 heteroatoms. The molecule has 1 aromatic carbocycles. The van der Waals surface area contributed by atoms with E-state index in [1.165, 1.54) is 0 Å². The van der Waals surface area contributed by atoms with Crippen molar-refractivity contribution in [1.29, 1.82) is 0 Å². The summed E-state index contributed by atoms with van der Waals surface area (Å²) in [6, 6.07) is 5.59. The summed E-state index contributed by atoms with van der Waals surface area (Å²) in [6.45, 7) is 3.36. The third-order valence-corrected chi connectivity index (χ3v) is 4.64. The van der Waals surface area contributed by atoms with E-state index < -0.39 is 5.60 Å². The molecule has 1 fully saturated rings. The third kappa shape index (κ3) is 2.78. The van der Waals surface area contributed by atoms with Gasteiger partial charge in [-0.1, -0.05) is 25.1 Å². The number of hydrogen-bond acceptors (Lipinski definition) is 4. The van der Waals surface area contributed by atoms with Crippen LogP contribution in [0.15, 0.2) is 35.9 Å². The topological polar surface area (TPSA) is 70.6 Å². The Balaban J connectivity index is 1.98. The number of hydrogen-bond donors (Lipinski definition) is 3. The zero-order valence-corrected chi connectivity index (χ0v) is 13.5. The molecule has 1 amide bonds. The molecule has 3 rings (SSSR count). The highest BCUT2D eigenvalue weighted by Gasteiger charge is 2.32. The molecule has 5 nitrogen and oxygen atoms in total. The zero-order valence-electron chi connectivity index (χ0n) is 13.5. The Bertz CT molecular complexity index is 694. The number of carbonyl (C=O) groups is 1. The van der Waals surface area contributed by atoms with Crippen LogP contribution in [0.2, 0.25) is 0 Å². The number of amides is 1. The summed E-state index contributed by atoms with van der Waals surface area (Å²) in [5.41, 5.74) is 2.28. The number of aliphatic hydroxyl groups is 1. The number of fused-ring (bicyclic) bond motifs is 1. The summed E-state index contributed by atoms with van der Waals surface area (Å²) in [4.78, 5) is 12.3. The highest BCUT2D eigenvalue weighted by Crippen LogP contribution is 2.39. The van der Waals surface area contributed by atoms with Crippen LogP contribution in [0.25, 0.3) is 5.57 Å². The Morgan fingerprint density at radius 3 is 2.96 bits per heavy atom. The van der Waals surface area contributed by atoms with E-state index in [2.05, 4.69) is 10.6 Å².